The van der Waals surface area contributed by atoms with Crippen molar-refractivity contribution in [3.05, 3.63) is 35.1 Å². The molecule has 0 saturated carbocycles. The minimum Gasteiger partial charge on any atom is -0.326 e. The van der Waals surface area contributed by atoms with Gasteiger partial charge >= 0.3 is 0 Å². The third-order valence-electron chi connectivity index (χ3n) is 3.69. The van der Waals surface area contributed by atoms with Crippen LogP contribution >= 0.6 is 0 Å². The molecule has 3 nitrogen and oxygen atoms in total. The first kappa shape index (κ1) is 13.0. The summed E-state index contributed by atoms with van der Waals surface area (Å²) in [6.45, 7) is 4.41. The molecule has 96 valence electrons. The summed E-state index contributed by atoms with van der Waals surface area (Å²) in [5, 5.41) is 8.80. The fraction of sp³-hybridized carbons (Fsp3) is 0.500. The maximum atomic E-state index is 13.9. The highest BCUT2D eigenvalue weighted by Gasteiger charge is 2.23. The summed E-state index contributed by atoms with van der Waals surface area (Å²) in [6.07, 6.45) is 1.04. The summed E-state index contributed by atoms with van der Waals surface area (Å²) in [6, 6.07) is 6.99. The third kappa shape index (κ3) is 2.69. The third-order valence-corrected chi connectivity index (χ3v) is 3.69. The van der Waals surface area contributed by atoms with Crippen LogP contribution in [-0.2, 0) is 6.54 Å². The van der Waals surface area contributed by atoms with Crippen molar-refractivity contribution in [3.63, 3.8) is 0 Å². The standard InChI is InChI=1S/C14H18FN3/c1-10-5-6-18(9-13(10)17)8-12-4-2-3-11(7-16)14(12)15/h2-4,10,13H,5-6,8-9,17H2,1H3. The van der Waals surface area contributed by atoms with Gasteiger partial charge in [-0.2, -0.15) is 5.26 Å². The second kappa shape index (κ2) is 5.47. The summed E-state index contributed by atoms with van der Waals surface area (Å²) in [4.78, 5) is 2.16. The Morgan fingerprint density at radius 3 is 3.00 bits per heavy atom. The zero-order chi connectivity index (χ0) is 13.1. The number of piperidine rings is 1. The Bertz CT molecular complexity index is 467. The van der Waals surface area contributed by atoms with Crippen molar-refractivity contribution < 1.29 is 4.39 Å². The number of hydrogen-bond acceptors (Lipinski definition) is 3. The molecule has 2 rings (SSSR count). The Balaban J connectivity index is 2.09. The highest BCUT2D eigenvalue weighted by atomic mass is 19.1. The molecule has 0 aromatic heterocycles. The van der Waals surface area contributed by atoms with Crippen molar-refractivity contribution >= 4 is 0 Å². The lowest BCUT2D eigenvalue weighted by Gasteiger charge is -2.35. The van der Waals surface area contributed by atoms with Gasteiger partial charge in [0.1, 0.15) is 11.9 Å². The van der Waals surface area contributed by atoms with E-state index in [2.05, 4.69) is 11.8 Å². The van der Waals surface area contributed by atoms with E-state index in [-0.39, 0.29) is 11.6 Å². The van der Waals surface area contributed by atoms with Crippen LogP contribution in [0.1, 0.15) is 24.5 Å². The van der Waals surface area contributed by atoms with Crippen LogP contribution in [0.25, 0.3) is 0 Å². The number of benzene rings is 1. The van der Waals surface area contributed by atoms with Crippen LogP contribution in [0, 0.1) is 23.1 Å². The number of nitriles is 1. The topological polar surface area (TPSA) is 53.0 Å². The summed E-state index contributed by atoms with van der Waals surface area (Å²) in [5.74, 6) is 0.128. The van der Waals surface area contributed by atoms with Crippen molar-refractivity contribution in [1.29, 1.82) is 5.26 Å². The fourth-order valence-corrected chi connectivity index (χ4v) is 2.34. The molecule has 18 heavy (non-hydrogen) atoms. The molecule has 1 aromatic rings. The van der Waals surface area contributed by atoms with E-state index in [9.17, 15) is 4.39 Å². The molecule has 0 amide bonds. The minimum atomic E-state index is -0.396. The summed E-state index contributed by atoms with van der Waals surface area (Å²) < 4.78 is 13.9. The van der Waals surface area contributed by atoms with E-state index in [1.807, 2.05) is 6.07 Å². The maximum absolute atomic E-state index is 13.9. The quantitative estimate of drug-likeness (QED) is 0.868. The molecule has 0 bridgehead atoms. The number of rotatable bonds is 2. The molecule has 1 fully saturated rings. The Morgan fingerprint density at radius 2 is 2.33 bits per heavy atom. The summed E-state index contributed by atoms with van der Waals surface area (Å²) in [5.41, 5.74) is 6.72. The molecule has 2 N–H and O–H groups in total. The van der Waals surface area contributed by atoms with Gasteiger partial charge in [0.2, 0.25) is 0 Å². The average Bonchev–Trinajstić information content (AvgIpc) is 2.36. The second-order valence-corrected chi connectivity index (χ2v) is 5.06. The van der Waals surface area contributed by atoms with Crippen LogP contribution < -0.4 is 5.73 Å². The van der Waals surface area contributed by atoms with Crippen molar-refractivity contribution in [3.8, 4) is 6.07 Å². The van der Waals surface area contributed by atoms with Gasteiger partial charge in [-0.15, -0.1) is 0 Å². The lowest BCUT2D eigenvalue weighted by molar-refractivity contribution is 0.160. The first-order chi connectivity index (χ1) is 8.61. The molecule has 1 aliphatic heterocycles. The van der Waals surface area contributed by atoms with Gasteiger partial charge in [0.05, 0.1) is 5.56 Å². The molecule has 4 heteroatoms. The first-order valence-corrected chi connectivity index (χ1v) is 6.27. The predicted octanol–water partition coefficient (Wildman–Crippen LogP) is 1.87. The molecule has 1 saturated heterocycles. The highest BCUT2D eigenvalue weighted by Crippen LogP contribution is 2.20. The van der Waals surface area contributed by atoms with E-state index in [0.29, 0.717) is 18.0 Å². The lowest BCUT2D eigenvalue weighted by atomic mass is 9.94. The normalized spacial score (nSPS) is 24.8. The summed E-state index contributed by atoms with van der Waals surface area (Å²) >= 11 is 0. The number of nitrogens with zero attached hydrogens (tertiary/aromatic N) is 2. The number of likely N-dealkylation sites (tertiary alicyclic amines) is 1. The molecule has 2 unspecified atom stereocenters. The van der Waals surface area contributed by atoms with Gasteiger partial charge in [-0.25, -0.2) is 4.39 Å². The van der Waals surface area contributed by atoms with E-state index in [1.54, 1.807) is 12.1 Å². The van der Waals surface area contributed by atoms with Crippen LogP contribution in [0.4, 0.5) is 4.39 Å². The molecular weight excluding hydrogens is 229 g/mol. The molecule has 0 radical (unpaired) electrons. The van der Waals surface area contributed by atoms with E-state index in [1.165, 1.54) is 6.07 Å². The SMILES string of the molecule is CC1CCN(Cc2cccc(C#N)c2F)CC1N. The monoisotopic (exact) mass is 247 g/mol. The van der Waals surface area contributed by atoms with Gasteiger partial charge in [-0.05, 0) is 24.9 Å². The zero-order valence-corrected chi connectivity index (χ0v) is 10.6. The Kier molecular flexibility index (Phi) is 3.95. The van der Waals surface area contributed by atoms with Gasteiger partial charge in [0.15, 0.2) is 0 Å². The smallest absolute Gasteiger partial charge is 0.145 e. The maximum Gasteiger partial charge on any atom is 0.145 e. The number of hydrogen-bond donors (Lipinski definition) is 1. The van der Waals surface area contributed by atoms with Crippen LogP contribution in [0.5, 0.6) is 0 Å². The zero-order valence-electron chi connectivity index (χ0n) is 10.6. The first-order valence-electron chi connectivity index (χ1n) is 6.27. The Morgan fingerprint density at radius 1 is 1.56 bits per heavy atom. The second-order valence-electron chi connectivity index (χ2n) is 5.06. The van der Waals surface area contributed by atoms with Crippen molar-refractivity contribution in [1.82, 2.24) is 4.90 Å². The van der Waals surface area contributed by atoms with E-state index >= 15 is 0 Å². The molecule has 2 atom stereocenters. The Labute approximate surface area is 107 Å². The van der Waals surface area contributed by atoms with Crippen molar-refractivity contribution in [2.24, 2.45) is 11.7 Å². The fourth-order valence-electron chi connectivity index (χ4n) is 2.34. The highest BCUT2D eigenvalue weighted by molar-refractivity contribution is 5.34. The Hall–Kier alpha value is -1.44. The van der Waals surface area contributed by atoms with Crippen LogP contribution in [0.2, 0.25) is 0 Å². The molecule has 1 heterocycles. The molecule has 1 aromatic carbocycles. The molecule has 0 spiro atoms. The van der Waals surface area contributed by atoms with Crippen molar-refractivity contribution in [2.75, 3.05) is 13.1 Å². The van der Waals surface area contributed by atoms with Crippen LogP contribution in [0.3, 0.4) is 0 Å². The summed E-state index contributed by atoms with van der Waals surface area (Å²) in [7, 11) is 0. The van der Waals surface area contributed by atoms with Gasteiger partial charge in [-0.1, -0.05) is 19.1 Å². The lowest BCUT2D eigenvalue weighted by Crippen LogP contribution is -2.47. The predicted molar refractivity (Wildman–Crippen MR) is 68.1 cm³/mol. The van der Waals surface area contributed by atoms with Crippen LogP contribution in [-0.4, -0.2) is 24.0 Å². The number of halogens is 1. The van der Waals surface area contributed by atoms with Gasteiger partial charge in [0, 0.05) is 24.7 Å². The van der Waals surface area contributed by atoms with Gasteiger partial charge < -0.3 is 5.73 Å². The number of nitrogens with two attached hydrogens (primary N) is 1. The van der Waals surface area contributed by atoms with Crippen molar-refractivity contribution in [2.45, 2.75) is 25.9 Å². The molecular formula is C14H18FN3. The molecule has 0 aliphatic carbocycles. The van der Waals surface area contributed by atoms with E-state index in [0.717, 1.165) is 19.5 Å². The van der Waals surface area contributed by atoms with Gasteiger partial charge in [-0.3, -0.25) is 4.90 Å². The average molecular weight is 247 g/mol. The van der Waals surface area contributed by atoms with Crippen LogP contribution in [0.15, 0.2) is 18.2 Å². The molecule has 1 aliphatic rings. The minimum absolute atomic E-state index is 0.113. The van der Waals surface area contributed by atoms with E-state index < -0.39 is 5.82 Å². The van der Waals surface area contributed by atoms with E-state index in [4.69, 9.17) is 11.0 Å². The van der Waals surface area contributed by atoms with Gasteiger partial charge in [0.25, 0.3) is 0 Å². The largest absolute Gasteiger partial charge is 0.326 e.